The number of aromatic nitrogens is 3. The van der Waals surface area contributed by atoms with Crippen LogP contribution in [0.4, 0.5) is 0 Å². The maximum atomic E-state index is 13.2. The molecule has 0 aliphatic heterocycles. The van der Waals surface area contributed by atoms with Crippen LogP contribution in [-0.2, 0) is 0 Å². The molecule has 0 aliphatic rings. The van der Waals surface area contributed by atoms with Gasteiger partial charge in [-0.05, 0) is 30.3 Å². The van der Waals surface area contributed by atoms with Crippen molar-refractivity contribution in [3.8, 4) is 23.0 Å². The van der Waals surface area contributed by atoms with Gasteiger partial charge < -0.3 is 13.9 Å². The van der Waals surface area contributed by atoms with E-state index in [1.54, 1.807) is 30.9 Å². The fourth-order valence-electron chi connectivity index (χ4n) is 3.73. The first-order valence-electron chi connectivity index (χ1n) is 9.89. The van der Waals surface area contributed by atoms with E-state index >= 15 is 0 Å². The highest BCUT2D eigenvalue weighted by Gasteiger charge is 2.18. The van der Waals surface area contributed by atoms with Crippen molar-refractivity contribution < 1.29 is 18.7 Å². The Bertz CT molecular complexity index is 1390. The summed E-state index contributed by atoms with van der Waals surface area (Å²) in [6.07, 6.45) is 0. The lowest BCUT2D eigenvalue weighted by Crippen LogP contribution is -2.12. The van der Waals surface area contributed by atoms with Crippen molar-refractivity contribution >= 4 is 39.5 Å². The second kappa shape index (κ2) is 8.39. The topological polar surface area (TPSA) is 79.4 Å². The number of carbonyl (C=O) groups is 1. The van der Waals surface area contributed by atoms with E-state index in [1.807, 2.05) is 54.6 Å². The third-order valence-corrected chi connectivity index (χ3v) is 5.99. The van der Waals surface area contributed by atoms with E-state index in [0.29, 0.717) is 28.2 Å². The van der Waals surface area contributed by atoms with E-state index in [-0.39, 0.29) is 11.7 Å². The summed E-state index contributed by atoms with van der Waals surface area (Å²) in [5.74, 6) is 1.63. The van der Waals surface area contributed by atoms with E-state index in [1.165, 1.54) is 11.8 Å². The molecule has 0 unspecified atom stereocenters. The molecule has 160 valence electrons. The first kappa shape index (κ1) is 20.1. The smallest absolute Gasteiger partial charge is 0.277 e. The van der Waals surface area contributed by atoms with Crippen molar-refractivity contribution in [3.63, 3.8) is 0 Å². The number of carbonyl (C=O) groups excluding carboxylic acids is 1. The van der Waals surface area contributed by atoms with Crippen LogP contribution in [0.3, 0.4) is 0 Å². The Morgan fingerprint density at radius 2 is 1.56 bits per heavy atom. The maximum absolute atomic E-state index is 13.2. The van der Waals surface area contributed by atoms with E-state index in [2.05, 4.69) is 10.2 Å². The highest BCUT2D eigenvalue weighted by Crippen LogP contribution is 2.33. The number of methoxy groups -OCH3 is 2. The minimum atomic E-state index is -0.0572. The first-order chi connectivity index (χ1) is 15.7. The van der Waals surface area contributed by atoms with Gasteiger partial charge in [-0.25, -0.2) is 0 Å². The van der Waals surface area contributed by atoms with Crippen LogP contribution in [0.5, 0.6) is 11.5 Å². The van der Waals surface area contributed by atoms with Crippen molar-refractivity contribution in [2.45, 2.75) is 5.22 Å². The van der Waals surface area contributed by atoms with Gasteiger partial charge in [0.15, 0.2) is 11.5 Å². The third kappa shape index (κ3) is 3.48. The van der Waals surface area contributed by atoms with Gasteiger partial charge in [0.1, 0.15) is 0 Å². The van der Waals surface area contributed by atoms with Gasteiger partial charge in [0, 0.05) is 16.3 Å². The summed E-state index contributed by atoms with van der Waals surface area (Å²) in [6, 6.07) is 21.2. The summed E-state index contributed by atoms with van der Waals surface area (Å²) >= 11 is 1.21. The molecule has 3 aromatic carbocycles. The average Bonchev–Trinajstić information content (AvgIpc) is 3.45. The highest BCUT2D eigenvalue weighted by molar-refractivity contribution is 7.99. The van der Waals surface area contributed by atoms with Crippen LogP contribution in [0.2, 0.25) is 0 Å². The van der Waals surface area contributed by atoms with E-state index < -0.39 is 0 Å². The molecule has 0 radical (unpaired) electrons. The van der Waals surface area contributed by atoms with Gasteiger partial charge in [-0.3, -0.25) is 9.36 Å². The van der Waals surface area contributed by atoms with Crippen LogP contribution < -0.4 is 9.47 Å². The normalized spacial score (nSPS) is 11.2. The zero-order valence-electron chi connectivity index (χ0n) is 17.4. The maximum Gasteiger partial charge on any atom is 0.277 e. The number of benzene rings is 3. The molecule has 8 heteroatoms. The summed E-state index contributed by atoms with van der Waals surface area (Å²) in [4.78, 5) is 13.2. The van der Waals surface area contributed by atoms with E-state index in [4.69, 9.17) is 13.9 Å². The van der Waals surface area contributed by atoms with Gasteiger partial charge in [-0.2, -0.15) is 0 Å². The number of rotatable bonds is 6. The number of hydrogen-bond donors (Lipinski definition) is 0. The Morgan fingerprint density at radius 1 is 0.906 bits per heavy atom. The zero-order valence-corrected chi connectivity index (χ0v) is 18.3. The fraction of sp³-hybridized carbons (Fsp3) is 0.125. The lowest BCUT2D eigenvalue weighted by Gasteiger charge is -2.07. The molecule has 0 spiro atoms. The number of fused-ring (bicyclic) bond motifs is 3. The van der Waals surface area contributed by atoms with Crippen LogP contribution in [0.15, 0.2) is 76.4 Å². The molecule has 2 aromatic heterocycles. The number of para-hydroxylation sites is 2. The Hall–Kier alpha value is -3.78. The standard InChI is InChI=1S/C24H19N3O4S/c1-29-20-12-11-15(13-21(20)30-2)23-25-26-24(31-23)32-14-22(28)27-18-9-5-3-7-16(18)17-8-4-6-10-19(17)27/h3-13H,14H2,1-2H3. The SMILES string of the molecule is COc1ccc(-c2nnc(SCC(=O)n3c4ccccc4c4ccccc43)o2)cc1OC. The largest absolute Gasteiger partial charge is 0.493 e. The molecule has 0 fully saturated rings. The summed E-state index contributed by atoms with van der Waals surface area (Å²) in [6.45, 7) is 0. The Morgan fingerprint density at radius 3 is 2.22 bits per heavy atom. The summed E-state index contributed by atoms with van der Waals surface area (Å²) < 4.78 is 18.1. The molecule has 0 saturated heterocycles. The zero-order chi connectivity index (χ0) is 22.1. The van der Waals surface area contributed by atoms with Gasteiger partial charge in [-0.15, -0.1) is 10.2 Å². The van der Waals surface area contributed by atoms with Crippen molar-refractivity contribution in [3.05, 3.63) is 66.7 Å². The monoisotopic (exact) mass is 445 g/mol. The molecule has 0 saturated carbocycles. The molecule has 0 aliphatic carbocycles. The van der Waals surface area contributed by atoms with Gasteiger partial charge >= 0.3 is 0 Å². The molecule has 5 aromatic rings. The second-order valence-electron chi connectivity index (χ2n) is 7.00. The molecule has 0 N–H and O–H groups in total. The first-order valence-corrected chi connectivity index (χ1v) is 10.9. The predicted octanol–water partition coefficient (Wildman–Crippen LogP) is 5.29. The molecule has 2 heterocycles. The van der Waals surface area contributed by atoms with Crippen LogP contribution in [0.25, 0.3) is 33.3 Å². The molecule has 0 bridgehead atoms. The minimum Gasteiger partial charge on any atom is -0.493 e. The fourth-order valence-corrected chi connectivity index (χ4v) is 4.35. The number of ether oxygens (including phenoxy) is 2. The van der Waals surface area contributed by atoms with Crippen LogP contribution >= 0.6 is 11.8 Å². The van der Waals surface area contributed by atoms with Crippen molar-refractivity contribution in [1.82, 2.24) is 14.8 Å². The third-order valence-electron chi connectivity index (χ3n) is 5.19. The van der Waals surface area contributed by atoms with Crippen LogP contribution in [0.1, 0.15) is 4.79 Å². The molecule has 5 rings (SSSR count). The Labute approximate surface area is 188 Å². The van der Waals surface area contributed by atoms with E-state index in [9.17, 15) is 4.79 Å². The summed E-state index contributed by atoms with van der Waals surface area (Å²) in [7, 11) is 3.14. The van der Waals surface area contributed by atoms with Crippen molar-refractivity contribution in [2.24, 2.45) is 0 Å². The van der Waals surface area contributed by atoms with Crippen molar-refractivity contribution in [2.75, 3.05) is 20.0 Å². The summed E-state index contributed by atoms with van der Waals surface area (Å²) in [5.41, 5.74) is 2.47. The van der Waals surface area contributed by atoms with E-state index in [0.717, 1.165) is 21.8 Å². The number of hydrogen-bond acceptors (Lipinski definition) is 7. The predicted molar refractivity (Wildman–Crippen MR) is 124 cm³/mol. The Balaban J connectivity index is 1.38. The second-order valence-corrected chi connectivity index (χ2v) is 7.92. The van der Waals surface area contributed by atoms with Gasteiger partial charge in [0.25, 0.3) is 5.22 Å². The number of nitrogens with zero attached hydrogens (tertiary/aromatic N) is 3. The molecule has 0 atom stereocenters. The minimum absolute atomic E-state index is 0.0572. The molecule has 32 heavy (non-hydrogen) atoms. The van der Waals surface area contributed by atoms with Gasteiger partial charge in [-0.1, -0.05) is 48.2 Å². The average molecular weight is 446 g/mol. The molecular weight excluding hydrogens is 426 g/mol. The molecule has 7 nitrogen and oxygen atoms in total. The Kier molecular flexibility index (Phi) is 5.28. The quantitative estimate of drug-likeness (QED) is 0.328. The van der Waals surface area contributed by atoms with Gasteiger partial charge in [0.2, 0.25) is 11.8 Å². The lowest BCUT2D eigenvalue weighted by molar-refractivity contribution is 0.0951. The molecular formula is C24H19N3O4S. The van der Waals surface area contributed by atoms with Crippen LogP contribution in [0, 0.1) is 0 Å². The van der Waals surface area contributed by atoms with Gasteiger partial charge in [0.05, 0.1) is 31.0 Å². The lowest BCUT2D eigenvalue weighted by atomic mass is 10.2. The van der Waals surface area contributed by atoms with Crippen molar-refractivity contribution in [1.29, 1.82) is 0 Å². The molecule has 0 amide bonds. The number of thioether (sulfide) groups is 1. The summed E-state index contributed by atoms with van der Waals surface area (Å²) in [5, 5.41) is 10.6. The highest BCUT2D eigenvalue weighted by atomic mass is 32.2. The van der Waals surface area contributed by atoms with Crippen LogP contribution in [-0.4, -0.2) is 40.6 Å².